The summed E-state index contributed by atoms with van der Waals surface area (Å²) >= 11 is 1.81. The number of nitrogens with one attached hydrogen (secondary N) is 2. The summed E-state index contributed by atoms with van der Waals surface area (Å²) in [5, 5.41) is 5.89. The summed E-state index contributed by atoms with van der Waals surface area (Å²) in [5.41, 5.74) is 0.939. The van der Waals surface area contributed by atoms with Crippen molar-refractivity contribution in [2.24, 2.45) is 0 Å². The monoisotopic (exact) mass is 228 g/mol. The highest BCUT2D eigenvalue weighted by Crippen LogP contribution is 2.28. The van der Waals surface area contributed by atoms with E-state index in [1.807, 2.05) is 25.6 Å². The van der Waals surface area contributed by atoms with Gasteiger partial charge in [-0.15, -0.1) is 11.8 Å². The normalized spacial score (nSPS) is 16.8. The lowest BCUT2D eigenvalue weighted by molar-refractivity contribution is 0.231. The van der Waals surface area contributed by atoms with Crippen LogP contribution < -0.4 is 10.6 Å². The van der Waals surface area contributed by atoms with E-state index in [0.29, 0.717) is 0 Å². The molecule has 86 valence electrons. The fraction of sp³-hybridized carbons (Fsp3) is 0.727. The van der Waals surface area contributed by atoms with Crippen LogP contribution in [0.1, 0.15) is 40.5 Å². The van der Waals surface area contributed by atoms with Gasteiger partial charge in [-0.2, -0.15) is 0 Å². The third-order valence-corrected chi connectivity index (χ3v) is 3.78. The molecule has 1 rings (SSSR count). The topological polar surface area (TPSA) is 41.1 Å². The van der Waals surface area contributed by atoms with E-state index >= 15 is 0 Å². The van der Waals surface area contributed by atoms with Crippen molar-refractivity contribution in [3.05, 3.63) is 10.6 Å². The summed E-state index contributed by atoms with van der Waals surface area (Å²) in [6.07, 6.45) is 1.89. The van der Waals surface area contributed by atoms with Gasteiger partial charge in [0.1, 0.15) is 0 Å². The molecule has 0 saturated heterocycles. The van der Waals surface area contributed by atoms with Crippen molar-refractivity contribution in [2.45, 2.75) is 46.1 Å². The second kappa shape index (κ2) is 4.92. The van der Waals surface area contributed by atoms with Crippen LogP contribution in [-0.2, 0) is 0 Å². The predicted octanol–water partition coefficient (Wildman–Crippen LogP) is 2.84. The maximum Gasteiger partial charge on any atom is 0.319 e. The molecule has 1 aliphatic heterocycles. The van der Waals surface area contributed by atoms with Crippen LogP contribution in [0.5, 0.6) is 0 Å². The molecule has 3 nitrogen and oxygen atoms in total. The van der Waals surface area contributed by atoms with Gasteiger partial charge in [-0.25, -0.2) is 4.79 Å². The average molecular weight is 228 g/mol. The Morgan fingerprint density at radius 2 is 2.20 bits per heavy atom. The summed E-state index contributed by atoms with van der Waals surface area (Å²) in [6, 6.07) is -0.0845. The second-order valence-corrected chi connectivity index (χ2v) is 5.76. The Morgan fingerprint density at radius 3 is 2.67 bits per heavy atom. The van der Waals surface area contributed by atoms with Crippen LogP contribution in [0.3, 0.4) is 0 Å². The van der Waals surface area contributed by atoms with Gasteiger partial charge in [0.15, 0.2) is 0 Å². The minimum Gasteiger partial charge on any atom is -0.333 e. The third kappa shape index (κ3) is 3.78. The van der Waals surface area contributed by atoms with Gasteiger partial charge in [-0.3, -0.25) is 0 Å². The molecule has 0 aliphatic carbocycles. The number of amides is 2. The summed E-state index contributed by atoms with van der Waals surface area (Å²) in [6.45, 7) is 8.17. The summed E-state index contributed by atoms with van der Waals surface area (Å²) in [7, 11) is 0. The van der Waals surface area contributed by atoms with Gasteiger partial charge in [-0.1, -0.05) is 6.92 Å². The van der Waals surface area contributed by atoms with E-state index in [1.165, 1.54) is 4.91 Å². The highest BCUT2D eigenvalue weighted by molar-refractivity contribution is 8.03. The molecule has 0 bridgehead atoms. The van der Waals surface area contributed by atoms with E-state index in [4.69, 9.17) is 0 Å². The second-order valence-electron chi connectivity index (χ2n) is 4.45. The van der Waals surface area contributed by atoms with Crippen molar-refractivity contribution >= 4 is 17.8 Å². The number of rotatable bonds is 3. The quantitative estimate of drug-likeness (QED) is 0.780. The largest absolute Gasteiger partial charge is 0.333 e. The summed E-state index contributed by atoms with van der Waals surface area (Å²) < 4.78 is 0. The number of hydrogen-bond donors (Lipinski definition) is 2. The number of carbonyl (C=O) groups excluding carboxylic acids is 1. The Kier molecular flexibility index (Phi) is 4.08. The molecule has 1 aliphatic rings. The Balaban J connectivity index is 2.46. The van der Waals surface area contributed by atoms with Gasteiger partial charge in [0.05, 0.1) is 0 Å². The van der Waals surface area contributed by atoms with Crippen LogP contribution in [0.4, 0.5) is 4.79 Å². The summed E-state index contributed by atoms with van der Waals surface area (Å²) in [5.74, 6) is 1.08. The lowest BCUT2D eigenvalue weighted by Gasteiger charge is -2.24. The molecule has 0 saturated carbocycles. The van der Waals surface area contributed by atoms with Gasteiger partial charge in [0.25, 0.3) is 0 Å². The minimum absolute atomic E-state index is 0.0845. The predicted molar refractivity (Wildman–Crippen MR) is 65.8 cm³/mol. The van der Waals surface area contributed by atoms with Crippen molar-refractivity contribution < 1.29 is 4.79 Å². The van der Waals surface area contributed by atoms with Crippen LogP contribution in [0.15, 0.2) is 10.6 Å². The van der Waals surface area contributed by atoms with Crippen LogP contribution >= 0.6 is 11.8 Å². The zero-order valence-corrected chi connectivity index (χ0v) is 10.8. The molecule has 0 aromatic rings. The first kappa shape index (κ1) is 12.4. The Hall–Kier alpha value is -0.640. The fourth-order valence-electron chi connectivity index (χ4n) is 1.28. The summed E-state index contributed by atoms with van der Waals surface area (Å²) in [4.78, 5) is 12.9. The molecule has 0 atom stereocenters. The highest BCUT2D eigenvalue weighted by Gasteiger charge is 2.20. The molecule has 4 heteroatoms. The molecular weight excluding hydrogens is 208 g/mol. The lowest BCUT2D eigenvalue weighted by atomic mass is 10.0. The molecule has 0 aromatic carbocycles. The van der Waals surface area contributed by atoms with Crippen molar-refractivity contribution in [3.8, 4) is 0 Å². The molecule has 0 fully saturated rings. The highest BCUT2D eigenvalue weighted by atomic mass is 32.2. The zero-order chi connectivity index (χ0) is 11.5. The van der Waals surface area contributed by atoms with Gasteiger partial charge >= 0.3 is 6.03 Å². The zero-order valence-electron chi connectivity index (χ0n) is 9.94. The standard InChI is InChI=1S/C11H20N2OS/c1-5-11(3,4)13-10(14)12-9-6-7-15-8(9)2/h5-7H2,1-4H3,(H2,12,13,14). The first-order valence-corrected chi connectivity index (χ1v) is 6.35. The number of urea groups is 1. The SMILES string of the molecule is CCC(C)(C)NC(=O)NC1=C(C)SCC1. The third-order valence-electron chi connectivity index (χ3n) is 2.70. The van der Waals surface area contributed by atoms with Crippen LogP contribution in [0.2, 0.25) is 0 Å². The fourth-order valence-corrected chi connectivity index (χ4v) is 2.22. The Morgan fingerprint density at radius 1 is 1.53 bits per heavy atom. The molecule has 2 amide bonds. The first-order valence-electron chi connectivity index (χ1n) is 5.36. The molecular formula is C11H20N2OS. The smallest absolute Gasteiger partial charge is 0.319 e. The molecule has 0 spiro atoms. The first-order chi connectivity index (χ1) is 6.94. The van der Waals surface area contributed by atoms with Crippen LogP contribution in [0.25, 0.3) is 0 Å². The van der Waals surface area contributed by atoms with Crippen LogP contribution in [0, 0.1) is 0 Å². The number of allylic oxidation sites excluding steroid dienone is 2. The maximum atomic E-state index is 11.7. The van der Waals surface area contributed by atoms with Crippen molar-refractivity contribution in [1.29, 1.82) is 0 Å². The Labute approximate surface area is 96.1 Å². The lowest BCUT2D eigenvalue weighted by Crippen LogP contribution is -2.47. The van der Waals surface area contributed by atoms with E-state index in [9.17, 15) is 4.79 Å². The Bertz CT molecular complexity index is 284. The number of hydrogen-bond acceptors (Lipinski definition) is 2. The molecule has 0 radical (unpaired) electrons. The van der Waals surface area contributed by atoms with Gasteiger partial charge in [-0.05, 0) is 33.6 Å². The van der Waals surface area contributed by atoms with Crippen LogP contribution in [-0.4, -0.2) is 17.3 Å². The van der Waals surface area contributed by atoms with Crippen molar-refractivity contribution in [3.63, 3.8) is 0 Å². The van der Waals surface area contributed by atoms with E-state index in [0.717, 1.165) is 24.3 Å². The molecule has 2 N–H and O–H groups in total. The van der Waals surface area contributed by atoms with E-state index < -0.39 is 0 Å². The van der Waals surface area contributed by atoms with Gasteiger partial charge in [0, 0.05) is 21.9 Å². The van der Waals surface area contributed by atoms with Gasteiger partial charge in [0.2, 0.25) is 0 Å². The molecule has 15 heavy (non-hydrogen) atoms. The van der Waals surface area contributed by atoms with Gasteiger partial charge < -0.3 is 10.6 Å². The average Bonchev–Trinajstić information content (AvgIpc) is 2.51. The number of thioether (sulfide) groups is 1. The molecule has 0 aromatic heterocycles. The van der Waals surface area contributed by atoms with Crippen molar-refractivity contribution in [1.82, 2.24) is 10.6 Å². The van der Waals surface area contributed by atoms with E-state index in [2.05, 4.69) is 24.5 Å². The molecule has 0 unspecified atom stereocenters. The van der Waals surface area contributed by atoms with E-state index in [1.54, 1.807) is 0 Å². The minimum atomic E-state index is -0.135. The van der Waals surface area contributed by atoms with Crippen molar-refractivity contribution in [2.75, 3.05) is 5.75 Å². The van der Waals surface area contributed by atoms with E-state index in [-0.39, 0.29) is 11.6 Å². The molecule has 1 heterocycles. The number of carbonyl (C=O) groups is 1. The maximum absolute atomic E-state index is 11.7.